The third kappa shape index (κ3) is 4.32. The lowest BCUT2D eigenvalue weighted by atomic mass is 9.78. The van der Waals surface area contributed by atoms with Crippen molar-refractivity contribution in [3.63, 3.8) is 0 Å². The highest BCUT2D eigenvalue weighted by molar-refractivity contribution is 5.74. The SMILES string of the molecule is CC(C)N(CC1CCC1)C(=O)NC1CCC(O)(c2cccnc2)CC1. The summed E-state index contributed by atoms with van der Waals surface area (Å²) in [6.45, 7) is 5.04. The molecule has 5 heteroatoms. The fraction of sp³-hybridized carbons (Fsp3) is 0.700. The van der Waals surface area contributed by atoms with Gasteiger partial charge in [0.2, 0.25) is 0 Å². The van der Waals surface area contributed by atoms with Gasteiger partial charge in [-0.15, -0.1) is 0 Å². The highest BCUT2D eigenvalue weighted by Gasteiger charge is 2.36. The van der Waals surface area contributed by atoms with Crippen molar-refractivity contribution in [2.45, 2.75) is 76.5 Å². The van der Waals surface area contributed by atoms with E-state index in [-0.39, 0.29) is 18.1 Å². The first-order valence-electron chi connectivity index (χ1n) is 9.68. The number of hydrogen-bond donors (Lipinski definition) is 2. The molecule has 1 aromatic rings. The Labute approximate surface area is 150 Å². The molecule has 0 radical (unpaired) electrons. The van der Waals surface area contributed by atoms with Crippen molar-refractivity contribution in [2.24, 2.45) is 5.92 Å². The molecule has 2 amide bonds. The molecule has 0 bridgehead atoms. The van der Waals surface area contributed by atoms with E-state index in [4.69, 9.17) is 0 Å². The summed E-state index contributed by atoms with van der Waals surface area (Å²) in [5.41, 5.74) is 0.0765. The van der Waals surface area contributed by atoms with Gasteiger partial charge >= 0.3 is 6.03 Å². The second-order valence-corrected chi connectivity index (χ2v) is 8.04. The zero-order valence-corrected chi connectivity index (χ0v) is 15.4. The molecule has 1 aromatic heterocycles. The van der Waals surface area contributed by atoms with Crippen LogP contribution in [0.15, 0.2) is 24.5 Å². The van der Waals surface area contributed by atoms with Crippen molar-refractivity contribution < 1.29 is 9.90 Å². The van der Waals surface area contributed by atoms with Crippen LogP contribution in [0.1, 0.15) is 64.4 Å². The molecule has 2 N–H and O–H groups in total. The van der Waals surface area contributed by atoms with Gasteiger partial charge in [0, 0.05) is 36.6 Å². The maximum absolute atomic E-state index is 12.7. The number of nitrogens with one attached hydrogen (secondary N) is 1. The number of nitrogens with zero attached hydrogens (tertiary/aromatic N) is 2. The summed E-state index contributed by atoms with van der Waals surface area (Å²) in [6, 6.07) is 4.22. The summed E-state index contributed by atoms with van der Waals surface area (Å²) in [4.78, 5) is 18.8. The van der Waals surface area contributed by atoms with Crippen LogP contribution in [0.4, 0.5) is 4.79 Å². The summed E-state index contributed by atoms with van der Waals surface area (Å²) in [6.07, 6.45) is 10.2. The molecule has 0 saturated heterocycles. The van der Waals surface area contributed by atoms with Crippen LogP contribution in [-0.4, -0.2) is 39.6 Å². The predicted octanol–water partition coefficient (Wildman–Crippen LogP) is 3.43. The first-order chi connectivity index (χ1) is 12.0. The molecule has 0 aliphatic heterocycles. The molecule has 3 rings (SSSR count). The number of carbonyl (C=O) groups is 1. The van der Waals surface area contributed by atoms with E-state index in [9.17, 15) is 9.90 Å². The lowest BCUT2D eigenvalue weighted by Crippen LogP contribution is -2.51. The Hall–Kier alpha value is -1.62. The molecule has 0 spiro atoms. The van der Waals surface area contributed by atoms with Gasteiger partial charge in [0.1, 0.15) is 0 Å². The fourth-order valence-corrected chi connectivity index (χ4v) is 3.91. The van der Waals surface area contributed by atoms with E-state index in [1.54, 1.807) is 12.4 Å². The van der Waals surface area contributed by atoms with E-state index in [0.717, 1.165) is 24.9 Å². The summed E-state index contributed by atoms with van der Waals surface area (Å²) >= 11 is 0. The summed E-state index contributed by atoms with van der Waals surface area (Å²) in [5.74, 6) is 0.676. The molecule has 0 atom stereocenters. The van der Waals surface area contributed by atoms with Crippen LogP contribution in [-0.2, 0) is 5.60 Å². The minimum absolute atomic E-state index is 0.0544. The zero-order valence-electron chi connectivity index (χ0n) is 15.4. The van der Waals surface area contributed by atoms with Crippen LogP contribution in [0.5, 0.6) is 0 Å². The normalized spacial score (nSPS) is 27.0. The smallest absolute Gasteiger partial charge is 0.317 e. The van der Waals surface area contributed by atoms with Gasteiger partial charge in [-0.25, -0.2) is 4.79 Å². The summed E-state index contributed by atoms with van der Waals surface area (Å²) in [5, 5.41) is 14.1. The maximum Gasteiger partial charge on any atom is 0.317 e. The molecule has 2 aliphatic carbocycles. The second-order valence-electron chi connectivity index (χ2n) is 8.04. The topological polar surface area (TPSA) is 65.5 Å². The first kappa shape index (κ1) is 18.2. The van der Waals surface area contributed by atoms with Gasteiger partial charge in [-0.1, -0.05) is 12.5 Å². The van der Waals surface area contributed by atoms with Crippen LogP contribution in [0, 0.1) is 5.92 Å². The van der Waals surface area contributed by atoms with E-state index >= 15 is 0 Å². The van der Waals surface area contributed by atoms with E-state index in [1.165, 1.54) is 19.3 Å². The van der Waals surface area contributed by atoms with Crippen LogP contribution >= 0.6 is 0 Å². The standard InChI is InChI=1S/C20H31N3O2/c1-15(2)23(14-16-5-3-6-16)19(24)22-18-8-10-20(25,11-9-18)17-7-4-12-21-13-17/h4,7,12-13,15-16,18,25H,3,5-6,8-11,14H2,1-2H3,(H,22,24). The molecule has 25 heavy (non-hydrogen) atoms. The number of aliphatic hydroxyl groups is 1. The zero-order chi connectivity index (χ0) is 17.9. The fourth-order valence-electron chi connectivity index (χ4n) is 3.91. The quantitative estimate of drug-likeness (QED) is 0.859. The Balaban J connectivity index is 1.53. The van der Waals surface area contributed by atoms with Crippen LogP contribution < -0.4 is 5.32 Å². The number of pyridine rings is 1. The van der Waals surface area contributed by atoms with Gasteiger partial charge in [0.05, 0.1) is 5.60 Å². The lowest BCUT2D eigenvalue weighted by Gasteiger charge is -2.39. The number of urea groups is 1. The highest BCUT2D eigenvalue weighted by Crippen LogP contribution is 2.36. The van der Waals surface area contributed by atoms with Gasteiger partial charge in [0.25, 0.3) is 0 Å². The van der Waals surface area contributed by atoms with E-state index < -0.39 is 5.60 Å². The van der Waals surface area contributed by atoms with E-state index in [2.05, 4.69) is 24.1 Å². The van der Waals surface area contributed by atoms with Crippen molar-refractivity contribution in [3.8, 4) is 0 Å². The molecule has 138 valence electrons. The minimum atomic E-state index is -0.806. The maximum atomic E-state index is 12.7. The number of amides is 2. The van der Waals surface area contributed by atoms with Crippen molar-refractivity contribution in [1.29, 1.82) is 0 Å². The number of carbonyl (C=O) groups excluding carboxylic acids is 1. The average molecular weight is 345 g/mol. The van der Waals surface area contributed by atoms with Crippen molar-refractivity contribution in [3.05, 3.63) is 30.1 Å². The van der Waals surface area contributed by atoms with Crippen LogP contribution in [0.2, 0.25) is 0 Å². The summed E-state index contributed by atoms with van der Waals surface area (Å²) in [7, 11) is 0. The van der Waals surface area contributed by atoms with Gasteiger partial charge in [0.15, 0.2) is 0 Å². The molecule has 5 nitrogen and oxygen atoms in total. The number of rotatable bonds is 5. The third-order valence-corrected chi connectivity index (χ3v) is 5.90. The minimum Gasteiger partial charge on any atom is -0.385 e. The largest absolute Gasteiger partial charge is 0.385 e. The monoisotopic (exact) mass is 345 g/mol. The molecule has 0 aromatic carbocycles. The average Bonchev–Trinajstić information content (AvgIpc) is 2.56. The third-order valence-electron chi connectivity index (χ3n) is 5.90. The molecule has 2 aliphatic rings. The van der Waals surface area contributed by atoms with Crippen molar-refractivity contribution in [1.82, 2.24) is 15.2 Å². The molecular weight excluding hydrogens is 314 g/mol. The van der Waals surface area contributed by atoms with Crippen molar-refractivity contribution >= 4 is 6.03 Å². The Morgan fingerprint density at radius 2 is 2.08 bits per heavy atom. The second kappa shape index (κ2) is 7.73. The molecule has 2 saturated carbocycles. The van der Waals surface area contributed by atoms with Gasteiger partial charge in [-0.05, 0) is 64.4 Å². The van der Waals surface area contributed by atoms with Crippen LogP contribution in [0.3, 0.4) is 0 Å². The van der Waals surface area contributed by atoms with Gasteiger partial charge in [-0.2, -0.15) is 0 Å². The number of aromatic nitrogens is 1. The Bertz CT molecular complexity index is 564. The number of hydrogen-bond acceptors (Lipinski definition) is 3. The van der Waals surface area contributed by atoms with Gasteiger partial charge in [-0.3, -0.25) is 4.98 Å². The van der Waals surface area contributed by atoms with Crippen molar-refractivity contribution in [2.75, 3.05) is 6.54 Å². The van der Waals surface area contributed by atoms with E-state index in [0.29, 0.717) is 18.8 Å². The molecule has 2 fully saturated rings. The molecule has 0 unspecified atom stereocenters. The highest BCUT2D eigenvalue weighted by atomic mass is 16.3. The molecule has 1 heterocycles. The predicted molar refractivity (Wildman–Crippen MR) is 98.1 cm³/mol. The Kier molecular flexibility index (Phi) is 5.62. The Morgan fingerprint density at radius 1 is 1.36 bits per heavy atom. The van der Waals surface area contributed by atoms with Crippen LogP contribution in [0.25, 0.3) is 0 Å². The summed E-state index contributed by atoms with van der Waals surface area (Å²) < 4.78 is 0. The Morgan fingerprint density at radius 3 is 2.60 bits per heavy atom. The molecular formula is C20H31N3O2. The lowest BCUT2D eigenvalue weighted by molar-refractivity contribution is -0.00823. The van der Waals surface area contributed by atoms with E-state index in [1.807, 2.05) is 17.0 Å². The first-order valence-corrected chi connectivity index (χ1v) is 9.68. The van der Waals surface area contributed by atoms with Gasteiger partial charge < -0.3 is 15.3 Å².